The fourth-order valence-electron chi connectivity index (χ4n) is 1.19. The van der Waals surface area contributed by atoms with Crippen LogP contribution in [0.25, 0.3) is 0 Å². The first kappa shape index (κ1) is 18.1. The first-order valence-electron chi connectivity index (χ1n) is 4.96. The van der Waals surface area contributed by atoms with Gasteiger partial charge in [0.25, 0.3) is 0 Å². The molecule has 15 heavy (non-hydrogen) atoms. The number of rotatable bonds is 5. The summed E-state index contributed by atoms with van der Waals surface area (Å²) in [5.74, 6) is 0. The van der Waals surface area contributed by atoms with Crippen molar-refractivity contribution < 1.29 is 41.0 Å². The molecule has 0 aliphatic heterocycles. The molecule has 5 heteroatoms. The van der Waals surface area contributed by atoms with Crippen LogP contribution in [0.4, 0.5) is 0 Å². The second-order valence-corrected chi connectivity index (χ2v) is 3.84. The van der Waals surface area contributed by atoms with Crippen LogP contribution in [0.5, 0.6) is 0 Å². The Morgan fingerprint density at radius 3 is 2.47 bits per heavy atom. The summed E-state index contributed by atoms with van der Waals surface area (Å²) in [7, 11) is 0. The third-order valence-electron chi connectivity index (χ3n) is 1.90. The Kier molecular flexibility index (Phi) is 17.7. The van der Waals surface area contributed by atoms with Gasteiger partial charge in [-0.1, -0.05) is 26.2 Å². The van der Waals surface area contributed by atoms with Crippen LogP contribution in [0.1, 0.15) is 39.6 Å². The summed E-state index contributed by atoms with van der Waals surface area (Å²) in [6.45, 7) is 2.25. The van der Waals surface area contributed by atoms with E-state index < -0.39 is 0 Å². The van der Waals surface area contributed by atoms with Crippen molar-refractivity contribution in [2.24, 2.45) is 0 Å². The molecule has 0 spiro atoms. The van der Waals surface area contributed by atoms with E-state index in [-0.39, 0.29) is 38.7 Å². The van der Waals surface area contributed by atoms with Crippen molar-refractivity contribution in [3.63, 3.8) is 0 Å². The van der Waals surface area contributed by atoms with Gasteiger partial charge in [0.2, 0.25) is 0 Å². The van der Waals surface area contributed by atoms with Crippen LogP contribution in [0.3, 0.4) is 0 Å². The van der Waals surface area contributed by atoms with E-state index in [9.17, 15) is 0 Å². The van der Waals surface area contributed by atoms with Crippen molar-refractivity contribution in [3.8, 4) is 0 Å². The molecule has 0 atom stereocenters. The summed E-state index contributed by atoms with van der Waals surface area (Å²) in [6.07, 6.45) is 6.77. The summed E-state index contributed by atoms with van der Waals surface area (Å²) in [4.78, 5) is 0. The molecule has 0 saturated heterocycles. The number of hydrogen-bond donors (Lipinski definition) is 2. The van der Waals surface area contributed by atoms with E-state index in [1.807, 2.05) is 0 Å². The van der Waals surface area contributed by atoms with E-state index in [0.29, 0.717) is 0 Å². The SMILES string of the molecule is CCCCCCc1ccsc1.O[B]O.[H-].[Na+]. The third kappa shape index (κ3) is 12.6. The molecule has 0 aromatic carbocycles. The first-order chi connectivity index (χ1) is 6.85. The molecule has 0 unspecified atom stereocenters. The summed E-state index contributed by atoms with van der Waals surface area (Å²) >= 11 is 1.80. The Hall–Kier alpha value is 0.685. The second-order valence-electron chi connectivity index (χ2n) is 3.06. The minimum Gasteiger partial charge on any atom is -1.00 e. The van der Waals surface area contributed by atoms with Crippen molar-refractivity contribution >= 4 is 19.0 Å². The van der Waals surface area contributed by atoms with Gasteiger partial charge < -0.3 is 11.5 Å². The Morgan fingerprint density at radius 2 is 2.00 bits per heavy atom. The van der Waals surface area contributed by atoms with Crippen molar-refractivity contribution in [2.45, 2.75) is 39.0 Å². The van der Waals surface area contributed by atoms with Gasteiger partial charge in [0.05, 0.1) is 0 Å². The van der Waals surface area contributed by atoms with Gasteiger partial charge in [-0.15, -0.1) is 0 Å². The van der Waals surface area contributed by atoms with Crippen LogP contribution in [0.2, 0.25) is 0 Å². The average molecular weight is 237 g/mol. The topological polar surface area (TPSA) is 40.5 Å². The van der Waals surface area contributed by atoms with Gasteiger partial charge in [-0.3, -0.25) is 0 Å². The molecular formula is C10H19BNaO2S. The first-order valence-corrected chi connectivity index (χ1v) is 5.90. The van der Waals surface area contributed by atoms with Crippen molar-refractivity contribution in [3.05, 3.63) is 22.4 Å². The minimum atomic E-state index is 0. The summed E-state index contributed by atoms with van der Waals surface area (Å²) in [5.41, 5.74) is 1.52. The Balaban J connectivity index is -0.000000306. The third-order valence-corrected chi connectivity index (χ3v) is 2.63. The molecule has 1 rings (SSSR count). The number of hydrogen-bond acceptors (Lipinski definition) is 3. The Bertz CT molecular complexity index is 201. The van der Waals surface area contributed by atoms with E-state index in [1.165, 1.54) is 37.7 Å². The number of unbranched alkanes of at least 4 members (excludes halogenated alkanes) is 3. The van der Waals surface area contributed by atoms with Gasteiger partial charge in [0.1, 0.15) is 0 Å². The van der Waals surface area contributed by atoms with Crippen molar-refractivity contribution in [2.75, 3.05) is 0 Å². The van der Waals surface area contributed by atoms with Crippen LogP contribution in [0, 0.1) is 0 Å². The zero-order valence-electron chi connectivity index (χ0n) is 10.6. The van der Waals surface area contributed by atoms with Gasteiger partial charge in [0.15, 0.2) is 0 Å². The van der Waals surface area contributed by atoms with Crippen LogP contribution < -0.4 is 29.6 Å². The monoisotopic (exact) mass is 237 g/mol. The van der Waals surface area contributed by atoms with E-state index in [4.69, 9.17) is 10.0 Å². The molecule has 0 saturated carbocycles. The van der Waals surface area contributed by atoms with Crippen LogP contribution in [-0.2, 0) is 6.42 Å². The number of aryl methyl sites for hydroxylation is 1. The standard InChI is InChI=1S/C10H16S.BH2O2.Na.H/c1-2-3-4-5-6-10-7-8-11-9-10;2-1-3;;/h7-9H,2-6H2,1H3;2-3H;;/q;;+1;-1. The summed E-state index contributed by atoms with van der Waals surface area (Å²) < 4.78 is 0. The number of thiophene rings is 1. The Labute approximate surface area is 121 Å². The molecule has 1 aromatic heterocycles. The molecule has 0 bridgehead atoms. The molecule has 0 aliphatic carbocycles. The molecule has 2 N–H and O–H groups in total. The maximum Gasteiger partial charge on any atom is 1.00 e. The van der Waals surface area contributed by atoms with E-state index in [2.05, 4.69) is 23.8 Å². The summed E-state index contributed by atoms with van der Waals surface area (Å²) in [6, 6.07) is 2.23. The molecule has 0 aliphatic rings. The fourth-order valence-corrected chi connectivity index (χ4v) is 1.89. The van der Waals surface area contributed by atoms with Crippen LogP contribution in [-0.4, -0.2) is 17.7 Å². The zero-order chi connectivity index (χ0) is 10.6. The fraction of sp³-hybridized carbons (Fsp3) is 0.600. The molecule has 81 valence electrons. The van der Waals surface area contributed by atoms with Crippen molar-refractivity contribution in [1.29, 1.82) is 0 Å². The minimum absolute atomic E-state index is 0. The Morgan fingerprint density at radius 1 is 1.33 bits per heavy atom. The van der Waals surface area contributed by atoms with Gasteiger partial charge >= 0.3 is 37.2 Å². The predicted octanol–water partition coefficient (Wildman–Crippen LogP) is -0.507. The van der Waals surface area contributed by atoms with Crippen LogP contribution >= 0.6 is 11.3 Å². The zero-order valence-corrected chi connectivity index (χ0v) is 12.5. The molecule has 2 nitrogen and oxygen atoms in total. The quantitative estimate of drug-likeness (QED) is 0.535. The molecule has 1 aromatic rings. The molecule has 0 fully saturated rings. The van der Waals surface area contributed by atoms with Crippen molar-refractivity contribution in [1.82, 2.24) is 0 Å². The summed E-state index contributed by atoms with van der Waals surface area (Å²) in [5, 5.41) is 18.4. The van der Waals surface area contributed by atoms with Gasteiger partial charge in [-0.05, 0) is 35.2 Å². The van der Waals surface area contributed by atoms with E-state index in [1.54, 1.807) is 11.3 Å². The second kappa shape index (κ2) is 14.7. The van der Waals surface area contributed by atoms with Crippen LogP contribution in [0.15, 0.2) is 16.8 Å². The van der Waals surface area contributed by atoms with E-state index >= 15 is 0 Å². The largest absolute Gasteiger partial charge is 1.00 e. The molecule has 0 amide bonds. The molecule has 1 heterocycles. The average Bonchev–Trinajstić information content (AvgIpc) is 2.66. The molecule has 1 radical (unpaired) electrons. The van der Waals surface area contributed by atoms with Gasteiger partial charge in [-0.25, -0.2) is 0 Å². The van der Waals surface area contributed by atoms with Gasteiger partial charge in [0, 0.05) is 0 Å². The van der Waals surface area contributed by atoms with Gasteiger partial charge in [-0.2, -0.15) is 11.3 Å². The maximum atomic E-state index is 7.00. The normalized spacial score (nSPS) is 8.47. The van der Waals surface area contributed by atoms with E-state index in [0.717, 1.165) is 0 Å². The smallest absolute Gasteiger partial charge is 1.00 e. The maximum absolute atomic E-state index is 7.00. The predicted molar refractivity (Wildman–Crippen MR) is 63.5 cm³/mol. The molecular weight excluding hydrogens is 218 g/mol.